The second-order valence-electron chi connectivity index (χ2n) is 3.97. The van der Waals surface area contributed by atoms with Gasteiger partial charge in [-0.3, -0.25) is 8.37 Å². The number of hydrogen-bond donors (Lipinski definition) is 1. The molecule has 0 aliphatic carbocycles. The summed E-state index contributed by atoms with van der Waals surface area (Å²) < 4.78 is 28.6. The normalized spacial score (nSPS) is 10.8. The van der Waals surface area contributed by atoms with Crippen molar-refractivity contribution in [1.82, 2.24) is 4.98 Å². The Hall–Kier alpha value is -1.40. The van der Waals surface area contributed by atoms with Crippen molar-refractivity contribution in [2.24, 2.45) is 0 Å². The Balaban J connectivity index is 0.000000270. The molecule has 21 heavy (non-hydrogen) atoms. The van der Waals surface area contributed by atoms with Crippen LogP contribution in [-0.4, -0.2) is 27.6 Å². The number of aromatic nitrogens is 1. The van der Waals surface area contributed by atoms with E-state index in [0.717, 1.165) is 40.9 Å². The molecule has 2 aromatic rings. The molecule has 1 aromatic carbocycles. The lowest BCUT2D eigenvalue weighted by atomic mass is 10.1. The fraction of sp³-hybridized carbons (Fsp3) is 0.308. The molecule has 0 amide bonds. The van der Waals surface area contributed by atoms with Crippen LogP contribution < -0.4 is 0 Å². The lowest BCUT2D eigenvalue weighted by Gasteiger charge is -1.96. The number of rotatable bonds is 3. The van der Waals surface area contributed by atoms with Crippen LogP contribution in [0.1, 0.15) is 11.3 Å². The number of fused-ring (bicyclic) bond motifs is 1. The molecule has 0 unspecified atom stereocenters. The van der Waals surface area contributed by atoms with Crippen molar-refractivity contribution in [3.63, 3.8) is 0 Å². The van der Waals surface area contributed by atoms with Gasteiger partial charge in [0.05, 0.1) is 26.7 Å². The minimum atomic E-state index is -3.66. The van der Waals surface area contributed by atoms with Crippen LogP contribution in [0.5, 0.6) is 0 Å². The van der Waals surface area contributed by atoms with Gasteiger partial charge in [-0.2, -0.15) is 13.7 Å². The van der Waals surface area contributed by atoms with Gasteiger partial charge in [-0.25, -0.2) is 0 Å². The van der Waals surface area contributed by atoms with E-state index in [9.17, 15) is 8.42 Å². The Morgan fingerprint density at radius 3 is 2.43 bits per heavy atom. The molecule has 0 radical (unpaired) electrons. The van der Waals surface area contributed by atoms with Crippen LogP contribution in [0.2, 0.25) is 0 Å². The maximum Gasteiger partial charge on any atom is 0.399 e. The number of hydrogen-bond acceptors (Lipinski definition) is 5. The molecule has 1 aromatic heterocycles. The second-order valence-corrected chi connectivity index (χ2v) is 6.30. The monoisotopic (exact) mass is 374 g/mol. The first-order valence-electron chi connectivity index (χ1n) is 5.85. The summed E-state index contributed by atoms with van der Waals surface area (Å²) in [6.07, 6.45) is 0.453. The van der Waals surface area contributed by atoms with E-state index in [1.807, 2.05) is 25.1 Å². The Morgan fingerprint density at radius 1 is 1.33 bits per heavy atom. The Kier molecular flexibility index (Phi) is 6.36. The quantitative estimate of drug-likeness (QED) is 0.891. The summed E-state index contributed by atoms with van der Waals surface area (Å²) >= 11 is 3.50. The maximum absolute atomic E-state index is 9.92. The summed E-state index contributed by atoms with van der Waals surface area (Å²) in [5, 5.41) is 9.86. The van der Waals surface area contributed by atoms with Crippen LogP contribution >= 0.6 is 15.9 Å². The van der Waals surface area contributed by atoms with Gasteiger partial charge in [0.25, 0.3) is 0 Å². The number of nitrogens with zero attached hydrogens (tertiary/aromatic N) is 1. The Morgan fingerprint density at radius 2 is 1.95 bits per heavy atom. The van der Waals surface area contributed by atoms with Crippen molar-refractivity contribution in [3.05, 3.63) is 33.9 Å². The molecule has 0 saturated carbocycles. The molecule has 0 saturated heterocycles. The van der Waals surface area contributed by atoms with E-state index < -0.39 is 10.4 Å². The number of nitriles is 1. The molecule has 0 spiro atoms. The largest absolute Gasteiger partial charge is 0.399 e. The summed E-state index contributed by atoms with van der Waals surface area (Å²) in [7, 11) is -1.60. The van der Waals surface area contributed by atoms with Crippen molar-refractivity contribution in [3.8, 4) is 6.07 Å². The van der Waals surface area contributed by atoms with E-state index in [4.69, 9.17) is 5.26 Å². The van der Waals surface area contributed by atoms with Crippen molar-refractivity contribution in [2.45, 2.75) is 13.3 Å². The molecular formula is C13H15BrN2O4S. The van der Waals surface area contributed by atoms with Crippen LogP contribution in [0, 0.1) is 18.3 Å². The molecule has 6 nitrogen and oxygen atoms in total. The molecule has 114 valence electrons. The molecule has 1 N–H and O–H groups in total. The van der Waals surface area contributed by atoms with Gasteiger partial charge in [-0.05, 0) is 24.6 Å². The summed E-state index contributed by atoms with van der Waals surface area (Å²) in [4.78, 5) is 3.27. The van der Waals surface area contributed by atoms with Gasteiger partial charge in [-0.1, -0.05) is 22.0 Å². The van der Waals surface area contributed by atoms with E-state index in [1.54, 1.807) is 0 Å². The van der Waals surface area contributed by atoms with Crippen LogP contribution in [0.3, 0.4) is 0 Å². The number of H-pyrrole nitrogens is 1. The number of aryl methyl sites for hydroxylation is 1. The van der Waals surface area contributed by atoms with Crippen molar-refractivity contribution >= 4 is 37.2 Å². The first-order chi connectivity index (χ1) is 9.86. The zero-order valence-corrected chi connectivity index (χ0v) is 14.2. The highest BCUT2D eigenvalue weighted by Gasteiger charge is 2.09. The molecule has 0 aliphatic rings. The van der Waals surface area contributed by atoms with Crippen molar-refractivity contribution in [2.75, 3.05) is 14.2 Å². The summed E-state index contributed by atoms with van der Waals surface area (Å²) in [5.74, 6) is 0. The number of nitrogens with one attached hydrogen (secondary N) is 1. The van der Waals surface area contributed by atoms with E-state index >= 15 is 0 Å². The number of benzene rings is 1. The lowest BCUT2D eigenvalue weighted by Crippen LogP contribution is -2.02. The third kappa shape index (κ3) is 4.54. The fourth-order valence-electron chi connectivity index (χ4n) is 1.77. The predicted octanol–water partition coefficient (Wildman–Crippen LogP) is 2.83. The lowest BCUT2D eigenvalue weighted by molar-refractivity contribution is 0.286. The summed E-state index contributed by atoms with van der Waals surface area (Å²) in [5.41, 5.74) is 3.26. The van der Waals surface area contributed by atoms with Crippen molar-refractivity contribution < 1.29 is 16.8 Å². The molecular weight excluding hydrogens is 360 g/mol. The maximum atomic E-state index is 9.92. The van der Waals surface area contributed by atoms with Crippen molar-refractivity contribution in [1.29, 1.82) is 5.26 Å². The predicted molar refractivity (Wildman–Crippen MR) is 83.0 cm³/mol. The molecule has 1 heterocycles. The average molecular weight is 375 g/mol. The molecule has 0 bridgehead atoms. The SMILES string of the molecule is COS(=O)(=O)OC.Cc1[nH]c2cccc(Br)c2c1CC#N. The van der Waals surface area contributed by atoms with E-state index in [0.29, 0.717) is 6.42 Å². The minimum Gasteiger partial charge on any atom is -0.358 e. The van der Waals surface area contributed by atoms with Crippen LogP contribution in [0.25, 0.3) is 10.9 Å². The highest BCUT2D eigenvalue weighted by molar-refractivity contribution is 9.10. The fourth-order valence-corrected chi connectivity index (χ4v) is 2.51. The van der Waals surface area contributed by atoms with Crippen LogP contribution in [-0.2, 0) is 25.2 Å². The van der Waals surface area contributed by atoms with Gasteiger partial charge >= 0.3 is 10.4 Å². The van der Waals surface area contributed by atoms with Gasteiger partial charge in [0.1, 0.15) is 0 Å². The van der Waals surface area contributed by atoms with Gasteiger partial charge in [0.2, 0.25) is 0 Å². The highest BCUT2D eigenvalue weighted by atomic mass is 79.9. The van der Waals surface area contributed by atoms with Gasteiger partial charge in [0, 0.05) is 21.1 Å². The smallest absolute Gasteiger partial charge is 0.358 e. The van der Waals surface area contributed by atoms with Gasteiger partial charge in [0.15, 0.2) is 0 Å². The topological polar surface area (TPSA) is 92.2 Å². The third-order valence-electron chi connectivity index (χ3n) is 2.75. The molecule has 0 aliphatic heterocycles. The standard InChI is InChI=1S/C11H9BrN2.C2H6O4S/c1-7-8(5-6-13)11-9(12)3-2-4-10(11)14-7;1-5-7(3,4)6-2/h2-4,14H,5H2,1H3;1-2H3. The highest BCUT2D eigenvalue weighted by Crippen LogP contribution is 2.29. The Labute approximate surface area is 132 Å². The molecule has 8 heteroatoms. The van der Waals surface area contributed by atoms with Gasteiger partial charge in [-0.15, -0.1) is 0 Å². The first-order valence-corrected chi connectivity index (χ1v) is 7.97. The zero-order valence-electron chi connectivity index (χ0n) is 11.8. The molecule has 0 fully saturated rings. The summed E-state index contributed by atoms with van der Waals surface area (Å²) in [6.45, 7) is 2.00. The number of halogens is 1. The molecule has 0 atom stereocenters. The summed E-state index contributed by atoms with van der Waals surface area (Å²) in [6, 6.07) is 8.19. The van der Waals surface area contributed by atoms with Crippen LogP contribution in [0.15, 0.2) is 22.7 Å². The number of aromatic amines is 1. The minimum absolute atomic E-state index is 0.453. The second kappa shape index (κ2) is 7.56. The van der Waals surface area contributed by atoms with Crippen LogP contribution in [0.4, 0.5) is 0 Å². The van der Waals surface area contributed by atoms with E-state index in [2.05, 4.69) is 35.3 Å². The zero-order chi connectivity index (χ0) is 16.0. The van der Waals surface area contributed by atoms with E-state index in [1.165, 1.54) is 0 Å². The first kappa shape index (κ1) is 17.7. The third-order valence-corrected chi connectivity index (χ3v) is 4.23. The Bertz CT molecular complexity index is 752. The molecule has 2 rings (SSSR count). The van der Waals surface area contributed by atoms with Gasteiger partial charge < -0.3 is 4.98 Å². The average Bonchev–Trinajstić information content (AvgIpc) is 2.78. The van der Waals surface area contributed by atoms with E-state index in [-0.39, 0.29) is 0 Å².